The van der Waals surface area contributed by atoms with Gasteiger partial charge >= 0.3 is 0 Å². The van der Waals surface area contributed by atoms with E-state index in [9.17, 15) is 18.0 Å². The Bertz CT molecular complexity index is 1520. The van der Waals surface area contributed by atoms with Crippen LogP contribution in [0.1, 0.15) is 6.92 Å². The first-order chi connectivity index (χ1) is 17.2. The molecule has 0 radical (unpaired) electrons. The van der Waals surface area contributed by atoms with Crippen LogP contribution >= 0.6 is 11.8 Å². The van der Waals surface area contributed by atoms with Gasteiger partial charge in [0, 0.05) is 18.3 Å². The highest BCUT2D eigenvalue weighted by Crippen LogP contribution is 2.29. The molecule has 2 amide bonds. The van der Waals surface area contributed by atoms with Crippen molar-refractivity contribution < 1.29 is 27.2 Å². The molecule has 186 valence electrons. The molecule has 4 aromatic rings. The van der Waals surface area contributed by atoms with Gasteiger partial charge in [-0.1, -0.05) is 23.9 Å². The summed E-state index contributed by atoms with van der Waals surface area (Å²) in [5.41, 5.74) is 2.25. The van der Waals surface area contributed by atoms with E-state index in [2.05, 4.69) is 20.3 Å². The topological polar surface area (TPSA) is 140 Å². The quantitative estimate of drug-likeness (QED) is 0.274. The average molecular weight is 527 g/mol. The van der Waals surface area contributed by atoms with Crippen molar-refractivity contribution in [3.8, 4) is 5.75 Å². The Morgan fingerprint density at radius 3 is 2.39 bits per heavy atom. The summed E-state index contributed by atoms with van der Waals surface area (Å²) in [5, 5.41) is 5.63. The lowest BCUT2D eigenvalue weighted by atomic mass is 10.3. The number of benzene rings is 3. The zero-order chi connectivity index (χ0) is 25.7. The molecule has 10 nitrogen and oxygen atoms in total. The Labute approximate surface area is 211 Å². The summed E-state index contributed by atoms with van der Waals surface area (Å²) in [7, 11) is -2.45. The van der Waals surface area contributed by atoms with Crippen molar-refractivity contribution in [3.63, 3.8) is 0 Å². The van der Waals surface area contributed by atoms with E-state index in [1.807, 2.05) is 0 Å². The number of rotatable bonds is 9. The van der Waals surface area contributed by atoms with Gasteiger partial charge in [-0.15, -0.1) is 0 Å². The first kappa shape index (κ1) is 25.1. The number of carbonyl (C=O) groups excluding carboxylic acids is 2. The molecule has 3 N–H and O–H groups in total. The maximum absolute atomic E-state index is 12.9. The van der Waals surface area contributed by atoms with Gasteiger partial charge in [-0.2, -0.15) is 0 Å². The third kappa shape index (κ3) is 6.15. The number of nitrogens with zero attached hydrogens (tertiary/aromatic N) is 1. The van der Waals surface area contributed by atoms with E-state index in [1.165, 1.54) is 32.2 Å². The summed E-state index contributed by atoms with van der Waals surface area (Å²) in [6, 6.07) is 17.7. The van der Waals surface area contributed by atoms with E-state index in [-0.39, 0.29) is 27.7 Å². The van der Waals surface area contributed by atoms with Crippen LogP contribution in [0.25, 0.3) is 11.1 Å². The molecule has 0 aliphatic rings. The summed E-state index contributed by atoms with van der Waals surface area (Å²) >= 11 is 1.08. The molecular formula is C24H22N4O6S2. The molecule has 0 unspecified atom stereocenters. The van der Waals surface area contributed by atoms with E-state index in [0.717, 1.165) is 11.8 Å². The van der Waals surface area contributed by atoms with E-state index in [4.69, 9.17) is 9.15 Å². The second kappa shape index (κ2) is 10.7. The molecule has 36 heavy (non-hydrogen) atoms. The minimum absolute atomic E-state index is 0.00575. The van der Waals surface area contributed by atoms with Crippen molar-refractivity contribution in [2.45, 2.75) is 17.0 Å². The van der Waals surface area contributed by atoms with Crippen molar-refractivity contribution in [1.29, 1.82) is 0 Å². The van der Waals surface area contributed by atoms with Crippen LogP contribution in [0.4, 0.5) is 17.1 Å². The maximum Gasteiger partial charge on any atom is 0.262 e. The lowest BCUT2D eigenvalue weighted by Crippen LogP contribution is -2.14. The lowest BCUT2D eigenvalue weighted by Gasteiger charge is -2.11. The van der Waals surface area contributed by atoms with Gasteiger partial charge in [-0.3, -0.25) is 14.3 Å². The highest BCUT2D eigenvalue weighted by Gasteiger charge is 2.19. The number of hydrogen-bond acceptors (Lipinski definition) is 8. The second-order valence-electron chi connectivity index (χ2n) is 7.51. The fraction of sp³-hybridized carbons (Fsp3) is 0.125. The van der Waals surface area contributed by atoms with Crippen LogP contribution in [0.5, 0.6) is 5.75 Å². The highest BCUT2D eigenvalue weighted by atomic mass is 32.2. The molecule has 3 aromatic carbocycles. The molecule has 0 fully saturated rings. The van der Waals surface area contributed by atoms with Crippen molar-refractivity contribution in [2.24, 2.45) is 0 Å². The van der Waals surface area contributed by atoms with Gasteiger partial charge in [-0.05, 0) is 54.6 Å². The van der Waals surface area contributed by atoms with Crippen molar-refractivity contribution in [3.05, 3.63) is 66.7 Å². The number of thioether (sulfide) groups is 1. The number of fused-ring (bicyclic) bond motifs is 1. The van der Waals surface area contributed by atoms with Gasteiger partial charge in [0.2, 0.25) is 11.8 Å². The number of ether oxygens (including phenoxy) is 1. The van der Waals surface area contributed by atoms with E-state index < -0.39 is 10.0 Å². The Hall–Kier alpha value is -4.03. The van der Waals surface area contributed by atoms with Gasteiger partial charge < -0.3 is 19.8 Å². The van der Waals surface area contributed by atoms with E-state index in [1.54, 1.807) is 48.5 Å². The molecule has 0 aliphatic heterocycles. The third-order valence-corrected chi connectivity index (χ3v) is 7.01. The molecule has 0 atom stereocenters. The first-order valence-electron chi connectivity index (χ1n) is 10.6. The van der Waals surface area contributed by atoms with Crippen LogP contribution < -0.4 is 20.1 Å². The number of carbonyl (C=O) groups is 2. The van der Waals surface area contributed by atoms with Crippen molar-refractivity contribution >= 4 is 61.8 Å². The van der Waals surface area contributed by atoms with Crippen LogP contribution in [-0.2, 0) is 19.6 Å². The summed E-state index contributed by atoms with van der Waals surface area (Å²) in [5.74, 6) is -0.0391. The van der Waals surface area contributed by atoms with Crippen LogP contribution in [0.2, 0.25) is 0 Å². The molecule has 0 spiro atoms. The smallest absolute Gasteiger partial charge is 0.262 e. The number of para-hydroxylation sites is 2. The molecule has 0 saturated heterocycles. The third-order valence-electron chi connectivity index (χ3n) is 4.82. The fourth-order valence-electron chi connectivity index (χ4n) is 3.21. The van der Waals surface area contributed by atoms with Crippen molar-refractivity contribution in [1.82, 2.24) is 4.98 Å². The molecule has 4 rings (SSSR count). The van der Waals surface area contributed by atoms with Gasteiger partial charge in [-0.25, -0.2) is 13.4 Å². The zero-order valence-corrected chi connectivity index (χ0v) is 20.9. The van der Waals surface area contributed by atoms with Gasteiger partial charge in [0.1, 0.15) is 11.3 Å². The summed E-state index contributed by atoms with van der Waals surface area (Å²) in [6.07, 6.45) is 0. The fourth-order valence-corrected chi connectivity index (χ4v) is 4.94. The molecule has 0 saturated carbocycles. The standard InChI is InChI=1S/C24H22N4O6S2/c1-15(29)25-16-7-9-17(10-8-16)26-23(30)14-35-24-27-20-13-18(11-12-22(20)34-24)36(31,32)28-19-5-3-4-6-21(19)33-2/h3-13,28H,14H2,1-2H3,(H,25,29)(H,26,30). The molecule has 0 aliphatic carbocycles. The number of methoxy groups -OCH3 is 1. The maximum atomic E-state index is 12.9. The SMILES string of the molecule is COc1ccccc1NS(=O)(=O)c1ccc2oc(SCC(=O)Nc3ccc(NC(C)=O)cc3)nc2c1. The molecule has 12 heteroatoms. The number of oxazole rings is 1. The largest absolute Gasteiger partial charge is 0.495 e. The van der Waals surface area contributed by atoms with E-state index in [0.29, 0.717) is 33.9 Å². The van der Waals surface area contributed by atoms with Crippen LogP contribution in [-0.4, -0.2) is 38.1 Å². The van der Waals surface area contributed by atoms with Crippen molar-refractivity contribution in [2.75, 3.05) is 28.2 Å². The predicted molar refractivity (Wildman–Crippen MR) is 138 cm³/mol. The van der Waals surface area contributed by atoms with Gasteiger partial charge in [0.05, 0.1) is 23.4 Å². The minimum atomic E-state index is -3.90. The normalized spacial score (nSPS) is 11.2. The number of anilines is 3. The Morgan fingerprint density at radius 1 is 1.00 bits per heavy atom. The predicted octanol–water partition coefficient (Wildman–Crippen LogP) is 4.33. The van der Waals surface area contributed by atoms with Crippen LogP contribution in [0.15, 0.2) is 81.3 Å². The molecule has 1 aromatic heterocycles. The summed E-state index contributed by atoms with van der Waals surface area (Å²) < 4.78 is 39.1. The van der Waals surface area contributed by atoms with Gasteiger partial charge in [0.25, 0.3) is 15.2 Å². The number of hydrogen-bond donors (Lipinski definition) is 3. The average Bonchev–Trinajstić information content (AvgIpc) is 3.26. The zero-order valence-electron chi connectivity index (χ0n) is 19.3. The molecular weight excluding hydrogens is 504 g/mol. The molecule has 1 heterocycles. The number of nitrogens with one attached hydrogen (secondary N) is 3. The van der Waals surface area contributed by atoms with Gasteiger partial charge in [0.15, 0.2) is 5.58 Å². The Balaban J connectivity index is 1.40. The summed E-state index contributed by atoms with van der Waals surface area (Å²) in [4.78, 5) is 27.7. The van der Waals surface area contributed by atoms with E-state index >= 15 is 0 Å². The van der Waals surface area contributed by atoms with Crippen LogP contribution in [0, 0.1) is 0 Å². The number of amides is 2. The Morgan fingerprint density at radius 2 is 1.69 bits per heavy atom. The number of sulfonamides is 1. The highest BCUT2D eigenvalue weighted by molar-refractivity contribution is 7.99. The molecule has 0 bridgehead atoms. The second-order valence-corrected chi connectivity index (χ2v) is 10.1. The summed E-state index contributed by atoms with van der Waals surface area (Å²) in [6.45, 7) is 1.41. The number of aromatic nitrogens is 1. The first-order valence-corrected chi connectivity index (χ1v) is 13.1. The lowest BCUT2D eigenvalue weighted by molar-refractivity contribution is -0.114. The minimum Gasteiger partial charge on any atom is -0.495 e. The van der Waals surface area contributed by atoms with Crippen LogP contribution in [0.3, 0.4) is 0 Å². The monoisotopic (exact) mass is 526 g/mol. The Kier molecular flexibility index (Phi) is 7.46.